The third kappa shape index (κ3) is 10.9. The van der Waals surface area contributed by atoms with Gasteiger partial charge in [-0.05, 0) is 24.0 Å². The number of esters is 1. The van der Waals surface area contributed by atoms with E-state index in [1.54, 1.807) is 17.1 Å². The van der Waals surface area contributed by atoms with Gasteiger partial charge in [-0.15, -0.1) is 13.2 Å². The lowest BCUT2D eigenvalue weighted by Gasteiger charge is -2.30. The highest BCUT2D eigenvalue weighted by Crippen LogP contribution is 2.24. The van der Waals surface area contributed by atoms with E-state index in [4.69, 9.17) is 9.47 Å². The molecule has 8 heteroatoms. The Kier molecular flexibility index (Phi) is 14.3. The van der Waals surface area contributed by atoms with Gasteiger partial charge in [-0.1, -0.05) is 72.8 Å². The lowest BCUT2D eigenvalue weighted by molar-refractivity contribution is -0.153. The topological polar surface area (TPSA) is 105 Å². The number of amides is 2. The number of carbonyl (C=O) groups is 3. The van der Waals surface area contributed by atoms with Crippen molar-refractivity contribution >= 4 is 17.8 Å². The molecule has 0 fully saturated rings. The van der Waals surface area contributed by atoms with Crippen molar-refractivity contribution in [1.82, 2.24) is 10.2 Å². The maximum atomic E-state index is 13.5. The second kappa shape index (κ2) is 17.7. The van der Waals surface area contributed by atoms with E-state index in [0.29, 0.717) is 18.5 Å². The zero-order valence-electron chi connectivity index (χ0n) is 22.7. The molecule has 0 unspecified atom stereocenters. The number of ether oxygens (including phenoxy) is 2. The van der Waals surface area contributed by atoms with Crippen LogP contribution in [0.2, 0.25) is 0 Å². The molecular weight excluding hydrogens is 496 g/mol. The molecule has 0 spiro atoms. The van der Waals surface area contributed by atoms with E-state index >= 15 is 0 Å². The van der Waals surface area contributed by atoms with Crippen molar-refractivity contribution in [3.8, 4) is 0 Å². The van der Waals surface area contributed by atoms with Crippen molar-refractivity contribution < 1.29 is 29.0 Å². The molecule has 2 amide bonds. The minimum atomic E-state index is -0.795. The summed E-state index contributed by atoms with van der Waals surface area (Å²) < 4.78 is 11.2. The minimum Gasteiger partial charge on any atom is -0.455 e. The number of rotatable bonds is 18. The summed E-state index contributed by atoms with van der Waals surface area (Å²) in [6.45, 7) is 7.77. The van der Waals surface area contributed by atoms with E-state index in [2.05, 4.69) is 18.5 Å². The summed E-state index contributed by atoms with van der Waals surface area (Å²) in [5, 5.41) is 12.5. The number of aliphatic hydroxyl groups excluding tert-OH is 1. The zero-order valence-corrected chi connectivity index (χ0v) is 22.7. The SMILES string of the molecule is C=CCCC(=O)O[C@@H](c1ccccc1)[C@H](COC)NC(=O)[C@@H](CC=C)CC(=O)N(CCO)Cc1ccccc1. The van der Waals surface area contributed by atoms with E-state index in [0.717, 1.165) is 5.56 Å². The van der Waals surface area contributed by atoms with Gasteiger partial charge in [0, 0.05) is 33.0 Å². The fraction of sp³-hybridized carbons (Fsp3) is 0.387. The molecule has 2 aromatic rings. The number of nitrogens with zero attached hydrogens (tertiary/aromatic N) is 1. The highest BCUT2D eigenvalue weighted by Gasteiger charge is 2.32. The first kappa shape index (κ1) is 31.5. The van der Waals surface area contributed by atoms with Crippen molar-refractivity contribution in [2.75, 3.05) is 26.9 Å². The average molecular weight is 537 g/mol. The summed E-state index contributed by atoms with van der Waals surface area (Å²) in [6, 6.07) is 17.9. The van der Waals surface area contributed by atoms with Crippen LogP contribution in [0, 0.1) is 5.92 Å². The Hall–Kier alpha value is -3.75. The number of aliphatic hydroxyl groups is 1. The third-order valence-electron chi connectivity index (χ3n) is 6.16. The summed E-state index contributed by atoms with van der Waals surface area (Å²) >= 11 is 0. The van der Waals surface area contributed by atoms with Crippen molar-refractivity contribution in [2.24, 2.45) is 5.92 Å². The summed E-state index contributed by atoms with van der Waals surface area (Å²) in [5.74, 6) is -1.76. The summed E-state index contributed by atoms with van der Waals surface area (Å²) in [7, 11) is 1.50. The minimum absolute atomic E-state index is 0.0699. The molecule has 0 heterocycles. The Balaban J connectivity index is 2.22. The first-order valence-electron chi connectivity index (χ1n) is 13.1. The van der Waals surface area contributed by atoms with Crippen LogP contribution in [0.5, 0.6) is 0 Å². The Morgan fingerprint density at radius 1 is 1.03 bits per heavy atom. The van der Waals surface area contributed by atoms with Crippen LogP contribution in [0.25, 0.3) is 0 Å². The van der Waals surface area contributed by atoms with Crippen LogP contribution < -0.4 is 5.32 Å². The van der Waals surface area contributed by atoms with Crippen LogP contribution in [-0.2, 0) is 30.4 Å². The molecule has 2 rings (SSSR count). The van der Waals surface area contributed by atoms with Gasteiger partial charge < -0.3 is 24.8 Å². The fourth-order valence-corrected chi connectivity index (χ4v) is 4.17. The molecule has 0 aliphatic carbocycles. The van der Waals surface area contributed by atoms with E-state index in [1.165, 1.54) is 7.11 Å². The number of methoxy groups -OCH3 is 1. The van der Waals surface area contributed by atoms with Gasteiger partial charge in [-0.3, -0.25) is 14.4 Å². The van der Waals surface area contributed by atoms with E-state index in [9.17, 15) is 19.5 Å². The summed E-state index contributed by atoms with van der Waals surface area (Å²) in [6.07, 6.45) is 3.28. The molecule has 0 bridgehead atoms. The van der Waals surface area contributed by atoms with Crippen molar-refractivity contribution in [1.29, 1.82) is 0 Å². The van der Waals surface area contributed by atoms with Gasteiger partial charge in [0.25, 0.3) is 0 Å². The molecule has 0 aliphatic heterocycles. The Labute approximate surface area is 231 Å². The van der Waals surface area contributed by atoms with Gasteiger partial charge in [-0.2, -0.15) is 0 Å². The average Bonchev–Trinajstić information content (AvgIpc) is 2.95. The van der Waals surface area contributed by atoms with Gasteiger partial charge in [0.15, 0.2) is 0 Å². The predicted octanol–water partition coefficient (Wildman–Crippen LogP) is 3.97. The molecule has 0 saturated heterocycles. The van der Waals surface area contributed by atoms with Crippen molar-refractivity contribution in [3.05, 3.63) is 97.1 Å². The molecule has 0 aromatic heterocycles. The number of allylic oxidation sites excluding steroid dienone is 2. The van der Waals surface area contributed by atoms with Crippen LogP contribution in [0.15, 0.2) is 86.0 Å². The second-order valence-electron chi connectivity index (χ2n) is 9.17. The lowest BCUT2D eigenvalue weighted by atomic mass is 9.97. The second-order valence-corrected chi connectivity index (χ2v) is 9.17. The Morgan fingerprint density at radius 2 is 1.69 bits per heavy atom. The molecule has 210 valence electrons. The molecule has 0 radical (unpaired) electrons. The maximum Gasteiger partial charge on any atom is 0.306 e. The number of nitrogens with one attached hydrogen (secondary N) is 1. The van der Waals surface area contributed by atoms with Crippen LogP contribution in [0.3, 0.4) is 0 Å². The highest BCUT2D eigenvalue weighted by molar-refractivity contribution is 5.86. The van der Waals surface area contributed by atoms with Crippen LogP contribution in [0.4, 0.5) is 0 Å². The van der Waals surface area contributed by atoms with E-state index in [1.807, 2.05) is 60.7 Å². The van der Waals surface area contributed by atoms with Crippen LogP contribution in [0.1, 0.15) is 42.9 Å². The molecule has 2 N–H and O–H groups in total. The standard InChI is InChI=1S/C31H40N2O6/c1-4-6-18-29(36)39-30(25-16-11-8-12-17-25)27(23-38-3)32-31(37)26(13-5-2)21-28(35)33(19-20-34)22-24-14-9-7-10-15-24/h4-5,7-12,14-17,26-27,30,34H,1-2,6,13,18-23H2,3H3,(H,32,37)/t26-,27-,30-/m0/s1. The molecule has 0 aliphatic rings. The van der Waals surface area contributed by atoms with Gasteiger partial charge >= 0.3 is 5.97 Å². The lowest BCUT2D eigenvalue weighted by Crippen LogP contribution is -2.47. The normalized spacial score (nSPS) is 13.0. The summed E-state index contributed by atoms with van der Waals surface area (Å²) in [4.78, 5) is 40.8. The van der Waals surface area contributed by atoms with Gasteiger partial charge in [0.05, 0.1) is 25.2 Å². The molecule has 8 nitrogen and oxygen atoms in total. The van der Waals surface area contributed by atoms with Crippen LogP contribution in [-0.4, -0.2) is 60.7 Å². The Morgan fingerprint density at radius 3 is 2.28 bits per heavy atom. The van der Waals surface area contributed by atoms with Crippen molar-refractivity contribution in [3.63, 3.8) is 0 Å². The molecular formula is C31H40N2O6. The largest absolute Gasteiger partial charge is 0.455 e. The first-order valence-corrected chi connectivity index (χ1v) is 13.1. The van der Waals surface area contributed by atoms with Gasteiger partial charge in [0.2, 0.25) is 11.8 Å². The van der Waals surface area contributed by atoms with Gasteiger partial charge in [0.1, 0.15) is 6.10 Å². The number of hydrogen-bond acceptors (Lipinski definition) is 6. The maximum absolute atomic E-state index is 13.5. The number of carbonyl (C=O) groups excluding carboxylic acids is 3. The zero-order chi connectivity index (χ0) is 28.5. The molecule has 39 heavy (non-hydrogen) atoms. The van der Waals surface area contributed by atoms with Gasteiger partial charge in [-0.25, -0.2) is 0 Å². The molecule has 0 saturated carbocycles. The molecule has 3 atom stereocenters. The predicted molar refractivity (Wildman–Crippen MR) is 150 cm³/mol. The number of benzene rings is 2. The fourth-order valence-electron chi connectivity index (χ4n) is 4.17. The third-order valence-corrected chi connectivity index (χ3v) is 6.16. The highest BCUT2D eigenvalue weighted by atomic mass is 16.5. The smallest absolute Gasteiger partial charge is 0.306 e. The van der Waals surface area contributed by atoms with Crippen LogP contribution >= 0.6 is 0 Å². The number of hydrogen-bond donors (Lipinski definition) is 2. The quantitative estimate of drug-likeness (QED) is 0.221. The molecule has 2 aromatic carbocycles. The first-order chi connectivity index (χ1) is 18.9. The summed E-state index contributed by atoms with van der Waals surface area (Å²) in [5.41, 5.74) is 1.63. The Bertz CT molecular complexity index is 1040. The van der Waals surface area contributed by atoms with E-state index < -0.39 is 24.0 Å². The monoisotopic (exact) mass is 536 g/mol. The van der Waals surface area contributed by atoms with E-state index in [-0.39, 0.29) is 50.8 Å². The van der Waals surface area contributed by atoms with Crippen molar-refractivity contribution in [2.45, 2.75) is 44.4 Å².